The lowest BCUT2D eigenvalue weighted by Gasteiger charge is -2.32. The van der Waals surface area contributed by atoms with Gasteiger partial charge in [0.2, 0.25) is 0 Å². The molecule has 1 aliphatic rings. The van der Waals surface area contributed by atoms with E-state index in [4.69, 9.17) is 4.98 Å². The first-order valence-electron chi connectivity index (χ1n) is 8.46. The average Bonchev–Trinajstić information content (AvgIpc) is 2.93. The van der Waals surface area contributed by atoms with Crippen LogP contribution in [-0.4, -0.2) is 9.38 Å². The Morgan fingerprint density at radius 1 is 1.00 bits per heavy atom. The van der Waals surface area contributed by atoms with Crippen molar-refractivity contribution in [2.75, 3.05) is 0 Å². The van der Waals surface area contributed by atoms with Gasteiger partial charge in [0.15, 0.2) is 0 Å². The van der Waals surface area contributed by atoms with Crippen molar-refractivity contribution in [3.05, 3.63) is 59.4 Å². The van der Waals surface area contributed by atoms with Crippen LogP contribution in [0.3, 0.4) is 0 Å². The summed E-state index contributed by atoms with van der Waals surface area (Å²) in [6.07, 6.45) is 2.05. The smallest absolute Gasteiger partial charge is 0.145 e. The van der Waals surface area contributed by atoms with Gasteiger partial charge in [-0.05, 0) is 29.2 Å². The van der Waals surface area contributed by atoms with Gasteiger partial charge in [0.05, 0.1) is 11.2 Å². The Labute approximate surface area is 135 Å². The van der Waals surface area contributed by atoms with E-state index in [0.29, 0.717) is 0 Å². The molecule has 0 radical (unpaired) electrons. The van der Waals surface area contributed by atoms with E-state index in [1.54, 1.807) is 0 Å². The first kappa shape index (κ1) is 13.1. The van der Waals surface area contributed by atoms with Gasteiger partial charge in [-0.25, -0.2) is 4.98 Å². The maximum atomic E-state index is 5.04. The van der Waals surface area contributed by atoms with E-state index in [0.717, 1.165) is 18.5 Å². The van der Waals surface area contributed by atoms with Crippen molar-refractivity contribution in [2.24, 2.45) is 0 Å². The van der Waals surface area contributed by atoms with Crippen molar-refractivity contribution in [1.29, 1.82) is 0 Å². The lowest BCUT2D eigenvalue weighted by atomic mass is 9.77. The monoisotopic (exact) mass is 300 g/mol. The van der Waals surface area contributed by atoms with Gasteiger partial charge in [0, 0.05) is 16.5 Å². The number of nitrogens with zero attached hydrogens (tertiary/aromatic N) is 2. The lowest BCUT2D eigenvalue weighted by Crippen LogP contribution is -2.27. The van der Waals surface area contributed by atoms with Crippen molar-refractivity contribution in [3.8, 4) is 0 Å². The highest BCUT2D eigenvalue weighted by Gasteiger charge is 2.33. The fourth-order valence-electron chi connectivity index (χ4n) is 4.36. The van der Waals surface area contributed by atoms with E-state index >= 15 is 0 Å². The van der Waals surface area contributed by atoms with E-state index < -0.39 is 0 Å². The first-order valence-corrected chi connectivity index (χ1v) is 8.46. The second-order valence-electron chi connectivity index (χ2n) is 7.33. The molecule has 0 spiro atoms. The lowest BCUT2D eigenvalue weighted by molar-refractivity contribution is 0.503. The molecule has 23 heavy (non-hydrogen) atoms. The highest BCUT2D eigenvalue weighted by Crippen LogP contribution is 2.42. The normalized spacial score (nSPS) is 16.0. The summed E-state index contributed by atoms with van der Waals surface area (Å²) in [4.78, 5) is 5.04. The third kappa shape index (κ3) is 1.51. The molecule has 0 unspecified atom stereocenters. The maximum Gasteiger partial charge on any atom is 0.145 e. The zero-order chi connectivity index (χ0) is 15.8. The van der Waals surface area contributed by atoms with Gasteiger partial charge in [-0.2, -0.15) is 0 Å². The van der Waals surface area contributed by atoms with Crippen LogP contribution in [0.2, 0.25) is 0 Å². The second kappa shape index (κ2) is 4.14. The summed E-state index contributed by atoms with van der Waals surface area (Å²) in [6.45, 7) is 6.93. The summed E-state index contributed by atoms with van der Waals surface area (Å²) in [5.41, 5.74) is 6.74. The zero-order valence-electron chi connectivity index (χ0n) is 13.9. The van der Waals surface area contributed by atoms with Crippen molar-refractivity contribution in [3.63, 3.8) is 0 Å². The molecule has 0 atom stereocenters. The molecule has 0 N–H and O–H groups in total. The molecule has 114 valence electrons. The van der Waals surface area contributed by atoms with E-state index in [1.165, 1.54) is 38.6 Å². The summed E-state index contributed by atoms with van der Waals surface area (Å²) in [6, 6.07) is 15.5. The summed E-state index contributed by atoms with van der Waals surface area (Å²) < 4.78 is 2.44. The minimum absolute atomic E-state index is 0.148. The zero-order valence-corrected chi connectivity index (χ0v) is 13.9. The number of fused-ring (bicyclic) bond motifs is 3. The Bertz CT molecular complexity index is 1100. The predicted molar refractivity (Wildman–Crippen MR) is 96.3 cm³/mol. The van der Waals surface area contributed by atoms with Crippen molar-refractivity contribution in [1.82, 2.24) is 9.38 Å². The molecule has 0 fully saturated rings. The molecule has 4 aromatic rings. The van der Waals surface area contributed by atoms with Crippen LogP contribution in [0.4, 0.5) is 0 Å². The number of benzene rings is 2. The van der Waals surface area contributed by atoms with Crippen LogP contribution in [0.25, 0.3) is 27.3 Å². The van der Waals surface area contributed by atoms with E-state index in [-0.39, 0.29) is 5.41 Å². The molecule has 1 aliphatic heterocycles. The van der Waals surface area contributed by atoms with E-state index in [1.807, 2.05) is 0 Å². The van der Waals surface area contributed by atoms with Crippen LogP contribution in [0.5, 0.6) is 0 Å². The van der Waals surface area contributed by atoms with Crippen LogP contribution in [-0.2, 0) is 18.3 Å². The molecule has 5 rings (SSSR count). The number of aromatic nitrogens is 2. The summed E-state index contributed by atoms with van der Waals surface area (Å²) in [7, 11) is 0. The molecule has 2 nitrogen and oxygen atoms in total. The number of para-hydroxylation sites is 1. The van der Waals surface area contributed by atoms with Crippen LogP contribution in [0, 0.1) is 0 Å². The molecule has 2 aromatic heterocycles. The first-order chi connectivity index (χ1) is 11.1. The van der Waals surface area contributed by atoms with Gasteiger partial charge < -0.3 is 0 Å². The molecule has 0 saturated carbocycles. The van der Waals surface area contributed by atoms with Gasteiger partial charge >= 0.3 is 0 Å². The Hall–Kier alpha value is -2.35. The molecule has 2 aromatic carbocycles. The topological polar surface area (TPSA) is 17.3 Å². The Kier molecular flexibility index (Phi) is 2.36. The highest BCUT2D eigenvalue weighted by atomic mass is 15.0. The molecule has 2 heteroatoms. The fourth-order valence-corrected chi connectivity index (χ4v) is 4.36. The van der Waals surface area contributed by atoms with E-state index in [9.17, 15) is 0 Å². The Morgan fingerprint density at radius 3 is 2.52 bits per heavy atom. The van der Waals surface area contributed by atoms with Crippen LogP contribution < -0.4 is 0 Å². The summed E-state index contributed by atoms with van der Waals surface area (Å²) >= 11 is 0. The largest absolute Gasteiger partial charge is 0.296 e. The minimum atomic E-state index is 0.148. The average molecular weight is 300 g/mol. The third-order valence-corrected chi connectivity index (χ3v) is 5.45. The number of rotatable bonds is 1. The maximum absolute atomic E-state index is 5.04. The summed E-state index contributed by atoms with van der Waals surface area (Å²) in [5, 5.41) is 3.92. The Morgan fingerprint density at radius 2 is 1.74 bits per heavy atom. The number of aryl methyl sites for hydroxylation is 1. The van der Waals surface area contributed by atoms with Crippen molar-refractivity contribution in [2.45, 2.75) is 39.0 Å². The Balaban J connectivity index is 2.19. The molecule has 0 aliphatic carbocycles. The quantitative estimate of drug-likeness (QED) is 0.450. The minimum Gasteiger partial charge on any atom is -0.296 e. The number of pyridine rings is 1. The van der Waals surface area contributed by atoms with Crippen LogP contribution in [0.15, 0.2) is 42.5 Å². The number of hydrogen-bond donors (Lipinski definition) is 0. The molecular weight excluding hydrogens is 280 g/mol. The van der Waals surface area contributed by atoms with Crippen LogP contribution in [0.1, 0.15) is 37.7 Å². The number of imidazole rings is 1. The van der Waals surface area contributed by atoms with Gasteiger partial charge in [0.1, 0.15) is 5.65 Å². The standard InChI is InChI=1S/C21H20N2/c1-4-17-18-12-21(2,3)16-11-7-10-14-13-8-5-6-9-15(13)20(22-17)23(18)19(14)16/h5-11H,4,12H2,1-3H3. The number of hydrogen-bond acceptors (Lipinski definition) is 1. The predicted octanol–water partition coefficient (Wildman–Crippen LogP) is 5.04. The second-order valence-corrected chi connectivity index (χ2v) is 7.33. The molecular formula is C21H20N2. The van der Waals surface area contributed by atoms with Gasteiger partial charge in [0.25, 0.3) is 0 Å². The van der Waals surface area contributed by atoms with Crippen molar-refractivity contribution >= 4 is 27.3 Å². The van der Waals surface area contributed by atoms with Gasteiger partial charge in [-0.3, -0.25) is 4.40 Å². The third-order valence-electron chi connectivity index (χ3n) is 5.45. The molecule has 0 saturated heterocycles. The van der Waals surface area contributed by atoms with Crippen LogP contribution >= 0.6 is 0 Å². The summed E-state index contributed by atoms with van der Waals surface area (Å²) in [5.74, 6) is 0. The highest BCUT2D eigenvalue weighted by molar-refractivity contribution is 6.13. The van der Waals surface area contributed by atoms with Crippen molar-refractivity contribution < 1.29 is 0 Å². The van der Waals surface area contributed by atoms with E-state index in [2.05, 4.69) is 67.6 Å². The molecule has 0 bridgehead atoms. The fraction of sp³-hybridized carbons (Fsp3) is 0.286. The van der Waals surface area contributed by atoms with Gasteiger partial charge in [-0.1, -0.05) is 63.2 Å². The SMILES string of the molecule is CCc1nc2c3ccccc3c3cccc4c3n2c1CC4(C)C. The molecule has 0 amide bonds. The van der Waals surface area contributed by atoms with Gasteiger partial charge in [-0.15, -0.1) is 0 Å². The molecule has 3 heterocycles.